The molecule has 4 nitrogen and oxygen atoms in total. The molecule has 2 rings (SSSR count). The van der Waals surface area contributed by atoms with E-state index in [0.717, 1.165) is 18.7 Å². The van der Waals surface area contributed by atoms with Crippen molar-refractivity contribution in [3.05, 3.63) is 35.9 Å². The molecule has 1 aromatic carbocycles. The van der Waals surface area contributed by atoms with E-state index in [9.17, 15) is 0 Å². The van der Waals surface area contributed by atoms with Crippen molar-refractivity contribution in [2.24, 2.45) is 10.9 Å². The molecular formula is C14H21N3O. The highest BCUT2D eigenvalue weighted by Gasteiger charge is 2.26. The summed E-state index contributed by atoms with van der Waals surface area (Å²) in [6, 6.07) is 10.6. The molecule has 3 N–H and O–H groups in total. The van der Waals surface area contributed by atoms with Crippen LogP contribution in [-0.4, -0.2) is 35.1 Å². The average Bonchev–Trinajstić information content (AvgIpc) is 2.81. The fourth-order valence-electron chi connectivity index (χ4n) is 2.62. The summed E-state index contributed by atoms with van der Waals surface area (Å²) >= 11 is 0. The Labute approximate surface area is 108 Å². The van der Waals surface area contributed by atoms with Crippen LogP contribution in [0.5, 0.6) is 0 Å². The molecule has 0 aromatic heterocycles. The maximum absolute atomic E-state index is 8.95. The van der Waals surface area contributed by atoms with E-state index in [-0.39, 0.29) is 5.92 Å². The van der Waals surface area contributed by atoms with Crippen molar-refractivity contribution < 1.29 is 5.21 Å². The van der Waals surface area contributed by atoms with Gasteiger partial charge < -0.3 is 10.9 Å². The summed E-state index contributed by atoms with van der Waals surface area (Å²) in [7, 11) is 0. The molecule has 4 heteroatoms. The van der Waals surface area contributed by atoms with E-state index in [4.69, 9.17) is 10.9 Å². The SMILES string of the molecule is CC1CCCN1CC(C(N)=NO)c1ccccc1. The first-order valence-electron chi connectivity index (χ1n) is 6.48. The lowest BCUT2D eigenvalue weighted by Crippen LogP contribution is -2.36. The zero-order valence-corrected chi connectivity index (χ0v) is 10.8. The predicted molar refractivity (Wildman–Crippen MR) is 72.9 cm³/mol. The van der Waals surface area contributed by atoms with Crippen molar-refractivity contribution >= 4 is 5.84 Å². The van der Waals surface area contributed by atoms with Gasteiger partial charge in [-0.1, -0.05) is 35.5 Å². The van der Waals surface area contributed by atoms with Crippen LogP contribution in [0.4, 0.5) is 0 Å². The summed E-state index contributed by atoms with van der Waals surface area (Å²) in [6.07, 6.45) is 2.47. The highest BCUT2D eigenvalue weighted by molar-refractivity contribution is 5.87. The van der Waals surface area contributed by atoms with Gasteiger partial charge in [0, 0.05) is 12.6 Å². The Hall–Kier alpha value is -1.55. The zero-order valence-electron chi connectivity index (χ0n) is 10.8. The van der Waals surface area contributed by atoms with Gasteiger partial charge in [0.05, 0.1) is 5.92 Å². The summed E-state index contributed by atoms with van der Waals surface area (Å²) in [4.78, 5) is 2.41. The topological polar surface area (TPSA) is 61.8 Å². The molecule has 0 aliphatic carbocycles. The second-order valence-electron chi connectivity index (χ2n) is 4.97. The summed E-state index contributed by atoms with van der Waals surface area (Å²) < 4.78 is 0. The number of likely N-dealkylation sites (tertiary alicyclic amines) is 1. The Morgan fingerprint density at radius 1 is 1.50 bits per heavy atom. The number of amidine groups is 1. The first-order chi connectivity index (χ1) is 8.72. The van der Waals surface area contributed by atoms with E-state index in [2.05, 4.69) is 17.0 Å². The normalized spacial score (nSPS) is 23.2. The van der Waals surface area contributed by atoms with Gasteiger partial charge >= 0.3 is 0 Å². The Morgan fingerprint density at radius 3 is 2.78 bits per heavy atom. The molecule has 1 saturated heterocycles. The van der Waals surface area contributed by atoms with Gasteiger partial charge in [0.25, 0.3) is 0 Å². The van der Waals surface area contributed by atoms with Crippen LogP contribution in [0.15, 0.2) is 35.5 Å². The van der Waals surface area contributed by atoms with Crippen LogP contribution in [-0.2, 0) is 0 Å². The van der Waals surface area contributed by atoms with Gasteiger partial charge in [-0.25, -0.2) is 0 Å². The molecule has 2 unspecified atom stereocenters. The van der Waals surface area contributed by atoms with Crippen LogP contribution in [0, 0.1) is 0 Å². The van der Waals surface area contributed by atoms with E-state index >= 15 is 0 Å². The Balaban J connectivity index is 2.16. The largest absolute Gasteiger partial charge is 0.409 e. The minimum Gasteiger partial charge on any atom is -0.409 e. The lowest BCUT2D eigenvalue weighted by atomic mass is 9.97. The summed E-state index contributed by atoms with van der Waals surface area (Å²) in [6.45, 7) is 4.16. The van der Waals surface area contributed by atoms with E-state index in [1.807, 2.05) is 30.3 Å². The number of oxime groups is 1. The summed E-state index contributed by atoms with van der Waals surface area (Å²) in [5.41, 5.74) is 6.95. The number of benzene rings is 1. The van der Waals surface area contributed by atoms with Gasteiger partial charge in [-0.3, -0.25) is 4.90 Å². The van der Waals surface area contributed by atoms with E-state index in [1.54, 1.807) is 0 Å². The van der Waals surface area contributed by atoms with E-state index in [1.165, 1.54) is 12.8 Å². The molecule has 0 spiro atoms. The second-order valence-corrected chi connectivity index (χ2v) is 4.97. The molecule has 0 saturated carbocycles. The van der Waals surface area contributed by atoms with Crippen LogP contribution >= 0.6 is 0 Å². The highest BCUT2D eigenvalue weighted by atomic mass is 16.4. The third kappa shape index (κ3) is 2.82. The maximum Gasteiger partial charge on any atom is 0.147 e. The number of nitrogens with two attached hydrogens (primary N) is 1. The van der Waals surface area contributed by atoms with E-state index in [0.29, 0.717) is 11.9 Å². The zero-order chi connectivity index (χ0) is 13.0. The lowest BCUT2D eigenvalue weighted by Gasteiger charge is -2.26. The van der Waals surface area contributed by atoms with Gasteiger partial charge in [0.2, 0.25) is 0 Å². The molecule has 1 aromatic rings. The number of rotatable bonds is 4. The third-order valence-electron chi connectivity index (χ3n) is 3.78. The van der Waals surface area contributed by atoms with Crippen molar-refractivity contribution in [1.29, 1.82) is 0 Å². The Morgan fingerprint density at radius 2 is 2.22 bits per heavy atom. The quantitative estimate of drug-likeness (QED) is 0.370. The van der Waals surface area contributed by atoms with Crippen molar-refractivity contribution in [3.63, 3.8) is 0 Å². The monoisotopic (exact) mass is 247 g/mol. The molecule has 1 aliphatic rings. The Bertz CT molecular complexity index is 405. The van der Waals surface area contributed by atoms with Gasteiger partial charge in [-0.15, -0.1) is 0 Å². The standard InChI is InChI=1S/C14H21N3O/c1-11-6-5-9-17(11)10-13(14(15)16-18)12-7-3-2-4-8-12/h2-4,7-8,11,13,18H,5-6,9-10H2,1H3,(H2,15,16). The molecular weight excluding hydrogens is 226 g/mol. The molecule has 18 heavy (non-hydrogen) atoms. The average molecular weight is 247 g/mol. The molecule has 0 radical (unpaired) electrons. The van der Waals surface area contributed by atoms with Gasteiger partial charge in [-0.05, 0) is 31.9 Å². The maximum atomic E-state index is 8.95. The van der Waals surface area contributed by atoms with Gasteiger partial charge in [0.15, 0.2) is 0 Å². The minimum absolute atomic E-state index is 0.0308. The number of hydrogen-bond acceptors (Lipinski definition) is 3. The van der Waals surface area contributed by atoms with Crippen LogP contribution in [0.25, 0.3) is 0 Å². The first kappa shape index (κ1) is 12.9. The molecule has 98 valence electrons. The van der Waals surface area contributed by atoms with Crippen molar-refractivity contribution in [1.82, 2.24) is 4.90 Å². The fraction of sp³-hybridized carbons (Fsp3) is 0.500. The summed E-state index contributed by atoms with van der Waals surface area (Å²) in [5, 5.41) is 12.2. The van der Waals surface area contributed by atoms with Gasteiger partial charge in [-0.2, -0.15) is 0 Å². The van der Waals surface area contributed by atoms with Crippen molar-refractivity contribution in [2.45, 2.75) is 31.7 Å². The predicted octanol–water partition coefficient (Wildman–Crippen LogP) is 2.00. The van der Waals surface area contributed by atoms with E-state index < -0.39 is 0 Å². The van der Waals surface area contributed by atoms with Crippen LogP contribution < -0.4 is 5.73 Å². The third-order valence-corrected chi connectivity index (χ3v) is 3.78. The number of hydrogen-bond donors (Lipinski definition) is 2. The van der Waals surface area contributed by atoms with Crippen molar-refractivity contribution in [2.75, 3.05) is 13.1 Å². The van der Waals surface area contributed by atoms with Crippen molar-refractivity contribution in [3.8, 4) is 0 Å². The number of nitrogens with zero attached hydrogens (tertiary/aromatic N) is 2. The molecule has 1 aliphatic heterocycles. The molecule has 2 atom stereocenters. The summed E-state index contributed by atoms with van der Waals surface area (Å²) in [5.74, 6) is 0.261. The molecule has 1 fully saturated rings. The lowest BCUT2D eigenvalue weighted by molar-refractivity contribution is 0.261. The fourth-order valence-corrected chi connectivity index (χ4v) is 2.62. The smallest absolute Gasteiger partial charge is 0.147 e. The van der Waals surface area contributed by atoms with Crippen LogP contribution in [0.3, 0.4) is 0 Å². The first-order valence-corrected chi connectivity index (χ1v) is 6.48. The molecule has 0 amide bonds. The minimum atomic E-state index is -0.0308. The highest BCUT2D eigenvalue weighted by Crippen LogP contribution is 2.23. The van der Waals surface area contributed by atoms with Gasteiger partial charge in [0.1, 0.15) is 5.84 Å². The Kier molecular flexibility index (Phi) is 4.20. The second kappa shape index (κ2) is 5.87. The molecule has 0 bridgehead atoms. The molecule has 1 heterocycles. The van der Waals surface area contributed by atoms with Crippen LogP contribution in [0.1, 0.15) is 31.2 Å². The van der Waals surface area contributed by atoms with Crippen LogP contribution in [0.2, 0.25) is 0 Å².